The molecule has 2 aromatic heterocycles. The minimum Gasteiger partial charge on any atom is -0.382 e. The van der Waals surface area contributed by atoms with E-state index in [2.05, 4.69) is 24.8 Å². The van der Waals surface area contributed by atoms with Crippen LogP contribution in [0.3, 0.4) is 0 Å². The monoisotopic (exact) mass is 427 g/mol. The number of rotatable bonds is 10. The van der Waals surface area contributed by atoms with Gasteiger partial charge in [-0.25, -0.2) is 15.0 Å². The molecule has 0 radical (unpaired) electrons. The van der Waals surface area contributed by atoms with Crippen LogP contribution in [0.1, 0.15) is 36.7 Å². The average Bonchev–Trinajstić information content (AvgIpc) is 3.07. The van der Waals surface area contributed by atoms with Crippen LogP contribution < -0.4 is 5.32 Å². The highest BCUT2D eigenvalue weighted by molar-refractivity contribution is 7.98. The Bertz CT molecular complexity index is 995. The summed E-state index contributed by atoms with van der Waals surface area (Å²) in [6.07, 6.45) is 3.77. The predicted molar refractivity (Wildman–Crippen MR) is 121 cm³/mol. The van der Waals surface area contributed by atoms with Crippen molar-refractivity contribution >= 4 is 34.7 Å². The van der Waals surface area contributed by atoms with Crippen molar-refractivity contribution in [2.24, 2.45) is 0 Å². The molecular formula is C22H29N5O2S. The summed E-state index contributed by atoms with van der Waals surface area (Å²) in [4.78, 5) is 26.3. The first-order valence-electron chi connectivity index (χ1n) is 10.2. The lowest BCUT2D eigenvalue weighted by atomic mass is 10.1. The Labute approximate surface area is 181 Å². The van der Waals surface area contributed by atoms with Gasteiger partial charge in [0.1, 0.15) is 0 Å². The van der Waals surface area contributed by atoms with Crippen molar-refractivity contribution in [2.45, 2.75) is 51.7 Å². The van der Waals surface area contributed by atoms with Gasteiger partial charge in [-0.3, -0.25) is 10.1 Å². The third-order valence-corrected chi connectivity index (χ3v) is 5.51. The molecule has 1 N–H and O–H groups in total. The Hall–Kier alpha value is -2.45. The molecule has 0 aliphatic heterocycles. The minimum atomic E-state index is -0.0656. The molecule has 0 aliphatic rings. The number of carbonyl (C=O) groups excluding carboxylic acids is 1. The van der Waals surface area contributed by atoms with Crippen molar-refractivity contribution in [1.82, 2.24) is 19.5 Å². The average molecular weight is 428 g/mol. The van der Waals surface area contributed by atoms with E-state index >= 15 is 0 Å². The van der Waals surface area contributed by atoms with Crippen LogP contribution in [-0.2, 0) is 22.5 Å². The number of para-hydroxylation sites is 2. The normalized spacial score (nSPS) is 11.2. The van der Waals surface area contributed by atoms with Crippen LogP contribution in [0.4, 0.5) is 5.95 Å². The van der Waals surface area contributed by atoms with Gasteiger partial charge in [0, 0.05) is 37.6 Å². The molecule has 0 saturated heterocycles. The Morgan fingerprint density at radius 1 is 1.17 bits per heavy atom. The van der Waals surface area contributed by atoms with Gasteiger partial charge in [-0.05, 0) is 57.6 Å². The minimum absolute atomic E-state index is 0.0656. The van der Waals surface area contributed by atoms with Gasteiger partial charge in [-0.2, -0.15) is 0 Å². The highest BCUT2D eigenvalue weighted by Gasteiger charge is 2.15. The molecular weight excluding hydrogens is 398 g/mol. The van der Waals surface area contributed by atoms with Gasteiger partial charge in [-0.15, -0.1) is 0 Å². The van der Waals surface area contributed by atoms with E-state index in [9.17, 15) is 4.79 Å². The maximum absolute atomic E-state index is 12.7. The second-order valence-electron chi connectivity index (χ2n) is 7.03. The van der Waals surface area contributed by atoms with E-state index in [1.54, 1.807) is 0 Å². The molecule has 0 aliphatic carbocycles. The number of amides is 1. The maximum Gasteiger partial charge on any atom is 0.227 e. The van der Waals surface area contributed by atoms with E-state index in [0.29, 0.717) is 32.0 Å². The van der Waals surface area contributed by atoms with E-state index in [1.165, 1.54) is 11.8 Å². The summed E-state index contributed by atoms with van der Waals surface area (Å²) >= 11 is 1.52. The van der Waals surface area contributed by atoms with Gasteiger partial charge in [0.2, 0.25) is 11.9 Å². The summed E-state index contributed by atoms with van der Waals surface area (Å²) in [6.45, 7) is 8.05. The molecule has 30 heavy (non-hydrogen) atoms. The lowest BCUT2D eigenvalue weighted by molar-refractivity contribution is -0.116. The standard InChI is InChI=1S/C22H29N5O2S/c1-5-29-14-8-13-27-19-10-7-6-9-18(19)25-21(27)26-20(28)12-11-17-15(2)23-22(30-4)24-16(17)3/h6-7,9-10H,5,8,11-14H2,1-4H3,(H,25,26,28). The third-order valence-electron chi connectivity index (χ3n) is 4.97. The van der Waals surface area contributed by atoms with Crippen LogP contribution in [0.5, 0.6) is 0 Å². The van der Waals surface area contributed by atoms with Gasteiger partial charge >= 0.3 is 0 Å². The third kappa shape index (κ3) is 5.37. The van der Waals surface area contributed by atoms with Gasteiger partial charge in [0.25, 0.3) is 0 Å². The van der Waals surface area contributed by atoms with Crippen molar-refractivity contribution < 1.29 is 9.53 Å². The molecule has 0 bridgehead atoms. The zero-order valence-electron chi connectivity index (χ0n) is 18.1. The fourth-order valence-corrected chi connectivity index (χ4v) is 3.91. The Balaban J connectivity index is 1.70. The summed E-state index contributed by atoms with van der Waals surface area (Å²) in [6, 6.07) is 7.92. The number of anilines is 1. The van der Waals surface area contributed by atoms with Crippen LogP contribution in [0.25, 0.3) is 11.0 Å². The number of thioether (sulfide) groups is 1. The first-order chi connectivity index (χ1) is 14.5. The van der Waals surface area contributed by atoms with Crippen LogP contribution in [-0.4, -0.2) is 44.9 Å². The fourth-order valence-electron chi connectivity index (χ4n) is 3.45. The summed E-state index contributed by atoms with van der Waals surface area (Å²) < 4.78 is 7.51. The van der Waals surface area contributed by atoms with Crippen molar-refractivity contribution in [3.05, 3.63) is 41.2 Å². The molecule has 8 heteroatoms. The van der Waals surface area contributed by atoms with Crippen LogP contribution in [0.2, 0.25) is 0 Å². The van der Waals surface area contributed by atoms with Gasteiger partial charge in [0.05, 0.1) is 11.0 Å². The van der Waals surface area contributed by atoms with E-state index in [4.69, 9.17) is 4.74 Å². The molecule has 0 spiro atoms. The summed E-state index contributed by atoms with van der Waals surface area (Å²) in [5.41, 5.74) is 4.78. The summed E-state index contributed by atoms with van der Waals surface area (Å²) in [7, 11) is 0. The Kier molecular flexibility index (Phi) is 7.81. The molecule has 3 rings (SSSR count). The second kappa shape index (κ2) is 10.5. The molecule has 1 amide bonds. The number of imidazole rings is 1. The van der Waals surface area contributed by atoms with Crippen LogP contribution >= 0.6 is 11.8 Å². The molecule has 160 valence electrons. The Morgan fingerprint density at radius 3 is 2.60 bits per heavy atom. The fraction of sp³-hybridized carbons (Fsp3) is 0.455. The van der Waals surface area contributed by atoms with E-state index in [1.807, 2.05) is 51.3 Å². The number of aromatic nitrogens is 4. The number of fused-ring (bicyclic) bond motifs is 1. The molecule has 0 saturated carbocycles. The summed E-state index contributed by atoms with van der Waals surface area (Å²) in [5, 5.41) is 3.76. The predicted octanol–water partition coefficient (Wildman–Crippen LogP) is 4.16. The molecule has 0 unspecified atom stereocenters. The number of aryl methyl sites for hydroxylation is 3. The molecule has 0 atom stereocenters. The first kappa shape index (κ1) is 22.2. The quantitative estimate of drug-likeness (QED) is 0.297. The van der Waals surface area contributed by atoms with Gasteiger partial charge in [-0.1, -0.05) is 23.9 Å². The topological polar surface area (TPSA) is 81.9 Å². The van der Waals surface area contributed by atoms with Crippen molar-refractivity contribution in [1.29, 1.82) is 0 Å². The van der Waals surface area contributed by atoms with E-state index < -0.39 is 0 Å². The highest BCUT2D eigenvalue weighted by Crippen LogP contribution is 2.21. The lowest BCUT2D eigenvalue weighted by Gasteiger charge is -2.12. The zero-order valence-corrected chi connectivity index (χ0v) is 18.9. The SMILES string of the molecule is CCOCCCn1c(NC(=O)CCc2c(C)nc(SC)nc2C)nc2ccccc21. The number of nitrogens with zero attached hydrogens (tertiary/aromatic N) is 4. The van der Waals surface area contributed by atoms with E-state index in [0.717, 1.165) is 46.1 Å². The second-order valence-corrected chi connectivity index (χ2v) is 7.81. The molecule has 2 heterocycles. The van der Waals surface area contributed by atoms with Crippen molar-refractivity contribution in [2.75, 3.05) is 24.8 Å². The summed E-state index contributed by atoms with van der Waals surface area (Å²) in [5.74, 6) is 0.518. The highest BCUT2D eigenvalue weighted by atomic mass is 32.2. The molecule has 7 nitrogen and oxygen atoms in total. The number of hydrogen-bond donors (Lipinski definition) is 1. The molecule has 1 aromatic carbocycles. The molecule has 0 fully saturated rings. The largest absolute Gasteiger partial charge is 0.382 e. The zero-order chi connectivity index (χ0) is 21.5. The number of hydrogen-bond acceptors (Lipinski definition) is 6. The first-order valence-corrected chi connectivity index (χ1v) is 11.5. The molecule has 3 aromatic rings. The van der Waals surface area contributed by atoms with Crippen molar-refractivity contribution in [3.8, 4) is 0 Å². The smallest absolute Gasteiger partial charge is 0.227 e. The number of benzene rings is 1. The maximum atomic E-state index is 12.7. The van der Waals surface area contributed by atoms with Crippen LogP contribution in [0.15, 0.2) is 29.4 Å². The number of ether oxygens (including phenoxy) is 1. The lowest BCUT2D eigenvalue weighted by Crippen LogP contribution is -2.17. The van der Waals surface area contributed by atoms with Gasteiger partial charge < -0.3 is 9.30 Å². The number of nitrogens with one attached hydrogen (secondary N) is 1. The van der Waals surface area contributed by atoms with E-state index in [-0.39, 0.29) is 5.91 Å². The Morgan fingerprint density at radius 2 is 1.90 bits per heavy atom. The van der Waals surface area contributed by atoms with Crippen LogP contribution in [0, 0.1) is 13.8 Å². The van der Waals surface area contributed by atoms with Crippen molar-refractivity contribution in [3.63, 3.8) is 0 Å². The number of carbonyl (C=O) groups is 1. The van der Waals surface area contributed by atoms with Gasteiger partial charge in [0.15, 0.2) is 5.16 Å².